The van der Waals surface area contributed by atoms with Gasteiger partial charge in [0.2, 0.25) is 5.91 Å². The van der Waals surface area contributed by atoms with Gasteiger partial charge in [0.05, 0.1) is 12.8 Å². The van der Waals surface area contributed by atoms with Crippen molar-refractivity contribution >= 4 is 31.1 Å². The Morgan fingerprint density at radius 2 is 1.71 bits per heavy atom. The second-order valence-corrected chi connectivity index (χ2v) is 15.4. The van der Waals surface area contributed by atoms with E-state index < -0.39 is 30.8 Å². The van der Waals surface area contributed by atoms with Crippen molar-refractivity contribution < 1.29 is 27.5 Å². The van der Waals surface area contributed by atoms with Crippen molar-refractivity contribution in [2.75, 3.05) is 30.8 Å². The molecule has 0 saturated carbocycles. The molecule has 2 aromatic rings. The molecule has 1 aromatic carbocycles. The highest BCUT2D eigenvalue weighted by molar-refractivity contribution is 8.00. The van der Waals surface area contributed by atoms with Gasteiger partial charge in [-0.1, -0.05) is 70.4 Å². The predicted octanol–water partition coefficient (Wildman–Crippen LogP) is 8.39. The van der Waals surface area contributed by atoms with Crippen molar-refractivity contribution in [3.63, 3.8) is 0 Å². The minimum atomic E-state index is -3.70. The Morgan fingerprint density at radius 3 is 2.40 bits per heavy atom. The molecule has 3 N–H and O–H groups in total. The molecule has 0 spiro atoms. The number of allylic oxidation sites excluding steroid dienone is 2. The second kappa shape index (κ2) is 22.9. The number of hydrogen-bond donors (Lipinski definition) is 2. The van der Waals surface area contributed by atoms with Crippen molar-refractivity contribution in [3.05, 3.63) is 65.0 Å². The lowest BCUT2D eigenvalue weighted by Crippen LogP contribution is -2.28. The lowest BCUT2D eigenvalue weighted by Gasteiger charge is -2.21. The molecular weight excluding hydrogens is 654 g/mol. The number of thioether (sulfide) groups is 1. The number of ether oxygens (including phenoxy) is 1. The molecule has 3 rings (SSSR count). The van der Waals surface area contributed by atoms with E-state index in [0.29, 0.717) is 25.1 Å². The minimum Gasteiger partial charge on any atom is -0.424 e. The molecule has 1 amide bonds. The van der Waals surface area contributed by atoms with Crippen LogP contribution in [0.25, 0.3) is 0 Å². The number of nitrogens with one attached hydrogen (secondary N) is 1. The first kappa shape index (κ1) is 39.8. The monoisotopic (exact) mass is 708 g/mol. The average molecular weight is 709 g/mol. The highest BCUT2D eigenvalue weighted by Gasteiger charge is 2.33. The fraction of sp³-hybridized carbons (Fsp3) is 0.629. The Kier molecular flexibility index (Phi) is 19.0. The topological polar surface area (TPSA) is 135 Å². The van der Waals surface area contributed by atoms with Gasteiger partial charge in [-0.3, -0.25) is 13.9 Å². The van der Waals surface area contributed by atoms with Crippen LogP contribution in [0.15, 0.2) is 53.5 Å². The first-order valence-electron chi connectivity index (χ1n) is 17.5. The molecule has 268 valence electrons. The molecule has 1 aliphatic heterocycles. The second-order valence-electron chi connectivity index (χ2n) is 12.1. The zero-order valence-electron chi connectivity index (χ0n) is 28.4. The molecule has 1 aromatic heterocycles. The van der Waals surface area contributed by atoms with Crippen molar-refractivity contribution in [1.82, 2.24) is 14.9 Å². The molecule has 10 nitrogen and oxygen atoms in total. The standard InChI is InChI=1S/C35H54FN4O6PS/c1-2-3-4-5-6-7-8-9-10-11-12-13-14-15-16-18-32(41)38-24-17-26-47(43,46-30-21-19-29(36)20-22-30)44-27-34-45-33(28-48-34)40-25-23-31(37)39-35(40)42/h9-10,19-23,25,33-34H,2-8,11-18,24,26-28H2,1H3,(H,38,41)(H2,37,39,42)/b10-9-/t33?,34-,47?/m1/s1. The molecule has 0 radical (unpaired) electrons. The van der Waals surface area contributed by atoms with Crippen LogP contribution in [-0.4, -0.2) is 46.0 Å². The lowest BCUT2D eigenvalue weighted by atomic mass is 10.1. The van der Waals surface area contributed by atoms with Gasteiger partial charge in [-0.05, 0) is 68.9 Å². The minimum absolute atomic E-state index is 0.0305. The third kappa shape index (κ3) is 16.2. The van der Waals surface area contributed by atoms with Gasteiger partial charge in [-0.25, -0.2) is 13.8 Å². The average Bonchev–Trinajstić information content (AvgIpc) is 3.54. The number of nitrogens with two attached hydrogens (primary N) is 1. The molecule has 13 heteroatoms. The van der Waals surface area contributed by atoms with E-state index in [1.165, 1.54) is 111 Å². The fourth-order valence-corrected chi connectivity index (χ4v) is 7.95. The third-order valence-electron chi connectivity index (χ3n) is 7.96. The third-order valence-corrected chi connectivity index (χ3v) is 10.9. The number of rotatable bonds is 25. The van der Waals surface area contributed by atoms with Crippen molar-refractivity contribution in [1.29, 1.82) is 0 Å². The summed E-state index contributed by atoms with van der Waals surface area (Å²) in [5.74, 6) is 0.328. The van der Waals surface area contributed by atoms with Crippen molar-refractivity contribution in [2.24, 2.45) is 0 Å². The van der Waals surface area contributed by atoms with E-state index in [1.807, 2.05) is 0 Å². The number of carbonyl (C=O) groups is 1. The van der Waals surface area contributed by atoms with Crippen LogP contribution in [0.5, 0.6) is 5.75 Å². The largest absolute Gasteiger partial charge is 0.424 e. The zero-order valence-corrected chi connectivity index (χ0v) is 30.1. The summed E-state index contributed by atoms with van der Waals surface area (Å²) >= 11 is 1.41. The van der Waals surface area contributed by atoms with Crippen molar-refractivity contribution in [3.8, 4) is 5.75 Å². The first-order chi connectivity index (χ1) is 23.3. The van der Waals surface area contributed by atoms with E-state index in [-0.39, 0.29) is 30.2 Å². The molecular formula is C35H54FN4O6PS. The summed E-state index contributed by atoms with van der Waals surface area (Å²) in [5, 5.41) is 2.90. The number of benzene rings is 1. The van der Waals surface area contributed by atoms with Crippen LogP contribution in [0.3, 0.4) is 0 Å². The fourth-order valence-electron chi connectivity index (χ4n) is 5.23. The summed E-state index contributed by atoms with van der Waals surface area (Å²) < 4.78 is 46.0. The number of carbonyl (C=O) groups excluding carboxylic acids is 1. The molecule has 0 bridgehead atoms. The smallest absolute Gasteiger partial charge is 0.379 e. The van der Waals surface area contributed by atoms with E-state index in [1.54, 1.807) is 0 Å². The number of aromatic nitrogens is 2. The molecule has 0 aliphatic carbocycles. The van der Waals surface area contributed by atoms with Gasteiger partial charge < -0.3 is 20.3 Å². The summed E-state index contributed by atoms with van der Waals surface area (Å²) in [6.45, 7) is 2.52. The number of unbranched alkanes of at least 4 members (excludes halogenated alkanes) is 11. The van der Waals surface area contributed by atoms with Crippen LogP contribution in [0.2, 0.25) is 0 Å². The predicted molar refractivity (Wildman–Crippen MR) is 192 cm³/mol. The number of hydrogen-bond acceptors (Lipinski definition) is 9. The van der Waals surface area contributed by atoms with Gasteiger partial charge in [-0.15, -0.1) is 11.8 Å². The van der Waals surface area contributed by atoms with E-state index in [4.69, 9.17) is 19.5 Å². The Bertz CT molecular complexity index is 1350. The van der Waals surface area contributed by atoms with Gasteiger partial charge in [0.15, 0.2) is 0 Å². The summed E-state index contributed by atoms with van der Waals surface area (Å²) in [6, 6.07) is 6.72. The van der Waals surface area contributed by atoms with E-state index >= 15 is 0 Å². The van der Waals surface area contributed by atoms with Crippen LogP contribution >= 0.6 is 19.4 Å². The van der Waals surface area contributed by atoms with Crippen LogP contribution in [0, 0.1) is 5.82 Å². The highest BCUT2D eigenvalue weighted by atomic mass is 32.2. The van der Waals surface area contributed by atoms with E-state index in [9.17, 15) is 18.5 Å². The normalized spacial score (nSPS) is 17.5. The van der Waals surface area contributed by atoms with Gasteiger partial charge in [0.25, 0.3) is 0 Å². The van der Waals surface area contributed by atoms with Gasteiger partial charge in [0, 0.05) is 24.9 Å². The van der Waals surface area contributed by atoms with Crippen molar-refractivity contribution in [2.45, 2.75) is 115 Å². The summed E-state index contributed by atoms with van der Waals surface area (Å²) in [6.07, 6.45) is 22.1. The maximum Gasteiger partial charge on any atom is 0.379 e. The molecule has 1 saturated heterocycles. The molecule has 1 fully saturated rings. The SMILES string of the molecule is CCCCCCCC/C=C\CCCCCCCC(=O)NCCCP(=O)(OC[C@@H]1OC(n2ccc(N)nc2=O)CS1)Oc1ccc(F)cc1. The summed E-state index contributed by atoms with van der Waals surface area (Å²) in [5.41, 5.74) is 4.55. The molecule has 2 heterocycles. The lowest BCUT2D eigenvalue weighted by molar-refractivity contribution is -0.121. The van der Waals surface area contributed by atoms with Crippen LogP contribution < -0.4 is 21.3 Å². The van der Waals surface area contributed by atoms with Gasteiger partial charge in [0.1, 0.15) is 29.0 Å². The van der Waals surface area contributed by atoms with Gasteiger partial charge in [-0.2, -0.15) is 4.98 Å². The number of nitrogen functional groups attached to an aromatic ring is 1. The quantitative estimate of drug-likeness (QED) is 0.0592. The summed E-state index contributed by atoms with van der Waals surface area (Å²) in [4.78, 5) is 28.3. The first-order valence-corrected chi connectivity index (χ1v) is 20.3. The Morgan fingerprint density at radius 1 is 1.04 bits per heavy atom. The number of halogens is 1. The number of amides is 1. The Hall–Kier alpha value is -2.66. The van der Waals surface area contributed by atoms with Crippen LogP contribution in [0.4, 0.5) is 10.2 Å². The number of anilines is 1. The van der Waals surface area contributed by atoms with Crippen LogP contribution in [0.1, 0.15) is 109 Å². The Balaban J connectivity index is 1.30. The van der Waals surface area contributed by atoms with E-state index in [0.717, 1.165) is 25.7 Å². The number of nitrogens with zero attached hydrogens (tertiary/aromatic N) is 2. The summed E-state index contributed by atoms with van der Waals surface area (Å²) in [7, 11) is -3.70. The van der Waals surface area contributed by atoms with E-state index in [2.05, 4.69) is 29.4 Å². The maximum atomic E-state index is 13.7. The maximum absolute atomic E-state index is 13.7. The molecule has 3 atom stereocenters. The van der Waals surface area contributed by atoms with Crippen LogP contribution in [-0.2, 0) is 18.6 Å². The zero-order chi connectivity index (χ0) is 34.5. The molecule has 1 aliphatic rings. The molecule has 48 heavy (non-hydrogen) atoms. The highest BCUT2D eigenvalue weighted by Crippen LogP contribution is 2.50. The Labute approximate surface area is 289 Å². The van der Waals surface area contributed by atoms with Gasteiger partial charge >= 0.3 is 13.3 Å². The molecule has 2 unspecified atom stereocenters.